The molecular weight excluding hydrogens is 827 g/mol. The topological polar surface area (TPSA) is 117 Å². The minimum Gasteiger partial charge on any atom is -0.488 e. The SMILES string of the molecule is Cc1nc(COc2ccccc2C(=O)N2CCN(c3ccc(C(F)(F)F)cn3)CC2)cs1.Cc1noc(C)c1COc1ccccc1C(=O)N1CCN(c2ccccc2F)CC1. The minimum atomic E-state index is -4.41. The molecule has 2 aliphatic heterocycles. The molecule has 2 fully saturated rings. The van der Waals surface area contributed by atoms with Crippen molar-refractivity contribution in [2.45, 2.75) is 40.2 Å². The van der Waals surface area contributed by atoms with Gasteiger partial charge in [0.15, 0.2) is 0 Å². The Kier molecular flexibility index (Phi) is 13.7. The van der Waals surface area contributed by atoms with Crippen molar-refractivity contribution in [3.8, 4) is 11.5 Å². The third-order valence-corrected chi connectivity index (χ3v) is 11.4. The fourth-order valence-electron chi connectivity index (χ4n) is 7.10. The van der Waals surface area contributed by atoms with Crippen LogP contribution in [0.4, 0.5) is 29.1 Å². The molecule has 2 aliphatic rings. The highest BCUT2D eigenvalue weighted by Crippen LogP contribution is 2.30. The Hall–Kier alpha value is -6.49. The van der Waals surface area contributed by atoms with Gasteiger partial charge in [0.1, 0.15) is 42.1 Å². The highest BCUT2D eigenvalue weighted by Gasteiger charge is 2.32. The summed E-state index contributed by atoms with van der Waals surface area (Å²) in [6.45, 7) is 10.2. The number of para-hydroxylation sites is 3. The first-order chi connectivity index (χ1) is 29.9. The summed E-state index contributed by atoms with van der Waals surface area (Å²) in [5.41, 5.74) is 3.26. The number of rotatable bonds is 10. The number of pyridine rings is 1. The van der Waals surface area contributed by atoms with Gasteiger partial charge in [0.25, 0.3) is 11.8 Å². The lowest BCUT2D eigenvalue weighted by Crippen LogP contribution is -2.49. The zero-order valence-electron chi connectivity index (χ0n) is 34.4. The zero-order chi connectivity index (χ0) is 43.8. The summed E-state index contributed by atoms with van der Waals surface area (Å²) < 4.78 is 69.3. The van der Waals surface area contributed by atoms with Gasteiger partial charge < -0.3 is 33.6 Å². The standard InChI is InChI=1S/C23H24FN3O3.C22H21F3N4O2S/c1-16-19(17(2)30-25-16)15-29-22-10-6-3-7-18(22)23(28)27-13-11-26(12-14-27)21-9-5-4-8-20(21)24;1-15-27-17(14-32-15)13-31-19-5-3-2-4-18(19)21(30)29-10-8-28(9-11-29)20-7-6-16(12-26-20)22(23,24)25/h3-10H,11-15H2,1-2H3;2-7,12,14H,8-11,13H2,1H3. The quantitative estimate of drug-likeness (QED) is 0.124. The number of carbonyl (C=O) groups is 2. The van der Waals surface area contributed by atoms with Gasteiger partial charge in [-0.25, -0.2) is 14.4 Å². The molecule has 0 N–H and O–H groups in total. The van der Waals surface area contributed by atoms with E-state index in [9.17, 15) is 27.2 Å². The number of thiazole rings is 1. The Bertz CT molecular complexity index is 2440. The number of nitrogens with zero attached hydrogens (tertiary/aromatic N) is 7. The molecule has 0 atom stereocenters. The molecule has 5 heterocycles. The number of ether oxygens (including phenoxy) is 2. The van der Waals surface area contributed by atoms with Crippen LogP contribution < -0.4 is 19.3 Å². The first-order valence-corrected chi connectivity index (χ1v) is 20.9. The molecule has 0 unspecified atom stereocenters. The number of halogens is 4. The molecule has 0 saturated carbocycles. The van der Waals surface area contributed by atoms with Crippen molar-refractivity contribution in [2.24, 2.45) is 0 Å². The third kappa shape index (κ3) is 10.5. The maximum Gasteiger partial charge on any atom is 0.417 e. The highest BCUT2D eigenvalue weighted by molar-refractivity contribution is 7.09. The molecule has 2 amide bonds. The fraction of sp³-hybridized carbons (Fsp3) is 0.311. The number of amides is 2. The normalized spacial score (nSPS) is 14.3. The molecule has 3 aromatic carbocycles. The summed E-state index contributed by atoms with van der Waals surface area (Å²) in [5, 5.41) is 6.81. The van der Waals surface area contributed by atoms with Crippen LogP contribution in [0.15, 0.2) is 101 Å². The summed E-state index contributed by atoms with van der Waals surface area (Å²) in [7, 11) is 0. The van der Waals surface area contributed by atoms with E-state index in [1.54, 1.807) is 63.6 Å². The van der Waals surface area contributed by atoms with Crippen LogP contribution in [0.5, 0.6) is 11.5 Å². The molecule has 62 heavy (non-hydrogen) atoms. The van der Waals surface area contributed by atoms with Gasteiger partial charge in [-0.15, -0.1) is 11.3 Å². The van der Waals surface area contributed by atoms with E-state index in [0.717, 1.165) is 34.2 Å². The summed E-state index contributed by atoms with van der Waals surface area (Å²) in [5.74, 6) is 1.73. The zero-order valence-corrected chi connectivity index (χ0v) is 35.2. The summed E-state index contributed by atoms with van der Waals surface area (Å²) in [6, 6.07) is 23.4. The Morgan fingerprint density at radius 1 is 0.726 bits per heavy atom. The van der Waals surface area contributed by atoms with E-state index < -0.39 is 11.7 Å². The van der Waals surface area contributed by atoms with Crippen LogP contribution in [0.3, 0.4) is 0 Å². The average Bonchev–Trinajstić information content (AvgIpc) is 3.86. The predicted molar refractivity (Wildman–Crippen MR) is 226 cm³/mol. The molecule has 8 rings (SSSR count). The largest absolute Gasteiger partial charge is 0.488 e. The van der Waals surface area contributed by atoms with Crippen molar-refractivity contribution in [3.63, 3.8) is 0 Å². The Morgan fingerprint density at radius 2 is 1.29 bits per heavy atom. The van der Waals surface area contributed by atoms with Gasteiger partial charge in [-0.1, -0.05) is 41.6 Å². The van der Waals surface area contributed by atoms with Crippen LogP contribution >= 0.6 is 11.3 Å². The summed E-state index contributed by atoms with van der Waals surface area (Å²) >= 11 is 1.54. The van der Waals surface area contributed by atoms with Crippen molar-refractivity contribution in [2.75, 3.05) is 62.2 Å². The first kappa shape index (κ1) is 43.6. The number of alkyl halides is 3. The lowest BCUT2D eigenvalue weighted by Gasteiger charge is -2.36. The Balaban J connectivity index is 0.000000187. The van der Waals surface area contributed by atoms with Crippen molar-refractivity contribution in [1.82, 2.24) is 24.9 Å². The van der Waals surface area contributed by atoms with Gasteiger partial charge >= 0.3 is 6.18 Å². The van der Waals surface area contributed by atoms with E-state index in [4.69, 9.17) is 14.0 Å². The molecule has 6 aromatic rings. The molecule has 2 saturated heterocycles. The van der Waals surface area contributed by atoms with E-state index in [1.165, 1.54) is 12.1 Å². The van der Waals surface area contributed by atoms with Gasteiger partial charge in [0.05, 0.1) is 44.3 Å². The molecule has 0 spiro atoms. The van der Waals surface area contributed by atoms with E-state index >= 15 is 0 Å². The third-order valence-electron chi connectivity index (χ3n) is 10.6. The van der Waals surface area contributed by atoms with Crippen molar-refractivity contribution in [3.05, 3.63) is 147 Å². The smallest absolute Gasteiger partial charge is 0.417 e. The van der Waals surface area contributed by atoms with Crippen molar-refractivity contribution >= 4 is 34.7 Å². The lowest BCUT2D eigenvalue weighted by atomic mass is 10.1. The molecule has 324 valence electrons. The van der Waals surface area contributed by atoms with Gasteiger partial charge in [-0.2, -0.15) is 13.2 Å². The molecule has 0 bridgehead atoms. The second kappa shape index (κ2) is 19.5. The number of carbonyl (C=O) groups excluding carboxylic acids is 2. The molecule has 0 aliphatic carbocycles. The maximum atomic E-state index is 14.1. The second-order valence-corrected chi connectivity index (χ2v) is 15.7. The van der Waals surface area contributed by atoms with Crippen LogP contribution in [-0.2, 0) is 19.4 Å². The van der Waals surface area contributed by atoms with Crippen LogP contribution in [-0.4, -0.2) is 89.1 Å². The average molecular weight is 872 g/mol. The van der Waals surface area contributed by atoms with Gasteiger partial charge in [-0.3, -0.25) is 9.59 Å². The van der Waals surface area contributed by atoms with Crippen molar-refractivity contribution < 1.29 is 41.1 Å². The molecule has 12 nitrogen and oxygen atoms in total. The van der Waals surface area contributed by atoms with Crippen LogP contribution in [0.1, 0.15) is 54.0 Å². The van der Waals surface area contributed by atoms with E-state index in [2.05, 4.69) is 15.1 Å². The lowest BCUT2D eigenvalue weighted by molar-refractivity contribution is -0.137. The van der Waals surface area contributed by atoms with Gasteiger partial charge in [0, 0.05) is 63.9 Å². The fourth-order valence-corrected chi connectivity index (χ4v) is 7.70. The monoisotopic (exact) mass is 871 g/mol. The number of hydrogen-bond donors (Lipinski definition) is 0. The first-order valence-electron chi connectivity index (χ1n) is 20.0. The number of aryl methyl sites for hydroxylation is 3. The van der Waals surface area contributed by atoms with E-state index in [-0.39, 0.29) is 30.8 Å². The van der Waals surface area contributed by atoms with Crippen molar-refractivity contribution in [1.29, 1.82) is 0 Å². The minimum absolute atomic E-state index is 0.0856. The maximum absolute atomic E-state index is 14.1. The van der Waals surface area contributed by atoms with Crippen LogP contribution in [0.25, 0.3) is 0 Å². The Morgan fingerprint density at radius 3 is 1.81 bits per heavy atom. The summed E-state index contributed by atoms with van der Waals surface area (Å²) in [6.07, 6.45) is -3.57. The van der Waals surface area contributed by atoms with Gasteiger partial charge in [-0.05, 0) is 69.3 Å². The molecule has 0 radical (unpaired) electrons. The van der Waals surface area contributed by atoms with Crippen LogP contribution in [0.2, 0.25) is 0 Å². The van der Waals surface area contributed by atoms with E-state index in [1.807, 2.05) is 60.2 Å². The second-order valence-electron chi connectivity index (χ2n) is 14.6. The summed E-state index contributed by atoms with van der Waals surface area (Å²) in [4.78, 5) is 41.9. The number of anilines is 2. The van der Waals surface area contributed by atoms with Gasteiger partial charge in [0.2, 0.25) is 0 Å². The highest BCUT2D eigenvalue weighted by atomic mass is 32.1. The van der Waals surface area contributed by atoms with E-state index in [0.29, 0.717) is 92.2 Å². The number of aromatic nitrogens is 3. The van der Waals surface area contributed by atoms with Crippen LogP contribution in [0, 0.1) is 26.6 Å². The number of benzene rings is 3. The molecule has 17 heteroatoms. The molecular formula is C45H45F4N7O5S. The molecule has 3 aromatic heterocycles. The number of hydrogen-bond acceptors (Lipinski definition) is 11. The Labute approximate surface area is 360 Å². The number of piperazine rings is 2. The predicted octanol–water partition coefficient (Wildman–Crippen LogP) is 8.38.